The molecule has 1 aliphatic rings. The minimum absolute atomic E-state index is 0. The molecule has 0 aromatic heterocycles. The molecule has 3 atom stereocenters. The van der Waals surface area contributed by atoms with E-state index in [9.17, 15) is 14.7 Å². The number of hydrogen-bond acceptors (Lipinski definition) is 7. The molecule has 0 radical (unpaired) electrons. The second kappa shape index (κ2) is 15.9. The number of carbonyl (C=O) groups excluding carboxylic acids is 2. The molecule has 0 fully saturated rings. The molecule has 0 N–H and O–H groups in total. The molecule has 0 bridgehead atoms. The van der Waals surface area contributed by atoms with E-state index in [2.05, 4.69) is 12.1 Å². The van der Waals surface area contributed by atoms with Gasteiger partial charge in [0.05, 0.1) is 18.2 Å². The zero-order valence-electron chi connectivity index (χ0n) is 18.6. The average molecular weight is 452 g/mol. The van der Waals surface area contributed by atoms with Gasteiger partial charge in [0.2, 0.25) is 0 Å². The number of esters is 1. The summed E-state index contributed by atoms with van der Waals surface area (Å²) in [5, 5.41) is 17.5. The fourth-order valence-electron chi connectivity index (χ4n) is 3.45. The third-order valence-electron chi connectivity index (χ3n) is 4.56. The van der Waals surface area contributed by atoms with Gasteiger partial charge in [0.25, 0.3) is 0 Å². The van der Waals surface area contributed by atoms with Gasteiger partial charge in [-0.05, 0) is 37.5 Å². The van der Waals surface area contributed by atoms with Crippen LogP contribution < -0.4 is 24.0 Å². The van der Waals surface area contributed by atoms with Crippen LogP contribution in [0.1, 0.15) is 53.4 Å². The van der Waals surface area contributed by atoms with E-state index in [-0.39, 0.29) is 66.7 Å². The normalized spacial score (nSPS) is 20.8. The van der Waals surface area contributed by atoms with E-state index in [1.165, 1.54) is 5.54 Å². The zero-order chi connectivity index (χ0) is 21.8. The number of ether oxygens (including phenoxy) is 1. The van der Waals surface area contributed by atoms with Crippen molar-refractivity contribution in [3.05, 3.63) is 22.9 Å². The Labute approximate surface area is 201 Å². The molecule has 6 nitrogen and oxygen atoms in total. The van der Waals surface area contributed by atoms with E-state index in [4.69, 9.17) is 21.2 Å². The molecule has 0 amide bonds. The molecule has 1 aliphatic carbocycles. The quantitative estimate of drug-likeness (QED) is 0.144. The van der Waals surface area contributed by atoms with Gasteiger partial charge in [-0.1, -0.05) is 43.9 Å². The SMILES string of the molecule is CCCC(=NOC/C=C/Cl)C1=C([O-])C(C(=O)OCC)C(CC(C)SCC)CC1=O.[Li+]. The van der Waals surface area contributed by atoms with Crippen LogP contribution in [-0.4, -0.2) is 41.7 Å². The maximum Gasteiger partial charge on any atom is 1.00 e. The molecule has 3 unspecified atom stereocenters. The van der Waals surface area contributed by atoms with Crippen LogP contribution in [0.25, 0.3) is 0 Å². The molecule has 1 rings (SSSR count). The van der Waals surface area contributed by atoms with Crippen LogP contribution in [0.5, 0.6) is 0 Å². The molecule has 9 heteroatoms. The first-order valence-electron chi connectivity index (χ1n) is 10.1. The third kappa shape index (κ3) is 8.70. The first kappa shape index (κ1) is 29.1. The van der Waals surface area contributed by atoms with Crippen molar-refractivity contribution in [3.63, 3.8) is 0 Å². The number of carbonyl (C=O) groups is 2. The summed E-state index contributed by atoms with van der Waals surface area (Å²) in [5.74, 6) is -1.76. The van der Waals surface area contributed by atoms with Crippen molar-refractivity contribution in [2.45, 2.75) is 58.6 Å². The van der Waals surface area contributed by atoms with Crippen molar-refractivity contribution in [2.75, 3.05) is 19.0 Å². The molecule has 0 saturated carbocycles. The molecule has 0 spiro atoms. The first-order valence-corrected chi connectivity index (χ1v) is 11.6. The Hall–Kier alpha value is -0.873. The van der Waals surface area contributed by atoms with E-state index in [0.29, 0.717) is 19.3 Å². The molecule has 30 heavy (non-hydrogen) atoms. The topological polar surface area (TPSA) is 88.0 Å². The Bertz CT molecular complexity index is 653. The number of Topliss-reactive ketones (excluding diaryl/α,β-unsaturated/α-hetero) is 1. The van der Waals surface area contributed by atoms with Gasteiger partial charge in [-0.15, -0.1) is 5.76 Å². The van der Waals surface area contributed by atoms with E-state index >= 15 is 0 Å². The summed E-state index contributed by atoms with van der Waals surface area (Å²) in [4.78, 5) is 30.7. The molecule has 164 valence electrons. The summed E-state index contributed by atoms with van der Waals surface area (Å²) >= 11 is 7.20. The molecule has 0 aliphatic heterocycles. The van der Waals surface area contributed by atoms with E-state index in [0.717, 1.165) is 5.75 Å². The van der Waals surface area contributed by atoms with Crippen LogP contribution in [-0.2, 0) is 19.2 Å². The van der Waals surface area contributed by atoms with Gasteiger partial charge < -0.3 is 14.7 Å². The van der Waals surface area contributed by atoms with Gasteiger partial charge >= 0.3 is 24.8 Å². The maximum atomic E-state index is 13.3. The number of ketones is 1. The largest absolute Gasteiger partial charge is 1.00 e. The fourth-order valence-corrected chi connectivity index (χ4v) is 4.47. The van der Waals surface area contributed by atoms with E-state index in [1.807, 2.05) is 13.8 Å². The van der Waals surface area contributed by atoms with Gasteiger partial charge in [-0.25, -0.2) is 0 Å². The van der Waals surface area contributed by atoms with Crippen molar-refractivity contribution in [1.82, 2.24) is 0 Å². The van der Waals surface area contributed by atoms with Crippen LogP contribution in [0.2, 0.25) is 0 Å². The predicted molar refractivity (Wildman–Crippen MR) is 116 cm³/mol. The second-order valence-corrected chi connectivity index (χ2v) is 8.77. The van der Waals surface area contributed by atoms with Crippen molar-refractivity contribution in [1.29, 1.82) is 0 Å². The molecule has 0 heterocycles. The van der Waals surface area contributed by atoms with E-state index < -0.39 is 17.6 Å². The zero-order valence-corrected chi connectivity index (χ0v) is 20.2. The van der Waals surface area contributed by atoms with Crippen molar-refractivity contribution in [2.24, 2.45) is 17.0 Å². The average Bonchev–Trinajstić information content (AvgIpc) is 2.65. The number of rotatable bonds is 12. The Kier molecular flexibility index (Phi) is 15.4. The second-order valence-electron chi connectivity index (χ2n) is 6.80. The minimum atomic E-state index is -0.979. The number of thioether (sulfide) groups is 1. The van der Waals surface area contributed by atoms with Crippen molar-refractivity contribution < 1.29 is 43.1 Å². The summed E-state index contributed by atoms with van der Waals surface area (Å²) in [6, 6.07) is 0. The predicted octanol–water partition coefficient (Wildman–Crippen LogP) is 0.830. The Morgan fingerprint density at radius 3 is 2.67 bits per heavy atom. The van der Waals surface area contributed by atoms with Gasteiger partial charge in [0, 0.05) is 22.8 Å². The van der Waals surface area contributed by atoms with Crippen LogP contribution in [0, 0.1) is 11.8 Å². The summed E-state index contributed by atoms with van der Waals surface area (Å²) in [6.07, 6.45) is 3.36. The van der Waals surface area contributed by atoms with Crippen LogP contribution in [0.15, 0.2) is 28.1 Å². The smallest absolute Gasteiger partial charge is 0.874 e. The Morgan fingerprint density at radius 1 is 1.40 bits per heavy atom. The van der Waals surface area contributed by atoms with Crippen LogP contribution in [0.4, 0.5) is 0 Å². The van der Waals surface area contributed by atoms with E-state index in [1.54, 1.807) is 24.8 Å². The fraction of sp³-hybridized carbons (Fsp3) is 0.667. The summed E-state index contributed by atoms with van der Waals surface area (Å²) in [5.41, 5.74) is 1.57. The van der Waals surface area contributed by atoms with Gasteiger partial charge in [0.1, 0.15) is 6.61 Å². The molecular weight excluding hydrogens is 421 g/mol. The summed E-state index contributed by atoms with van der Waals surface area (Å²) in [7, 11) is 0. The Morgan fingerprint density at radius 2 is 2.10 bits per heavy atom. The number of nitrogens with zero attached hydrogens (tertiary/aromatic N) is 1. The van der Waals surface area contributed by atoms with Crippen LogP contribution in [0.3, 0.4) is 0 Å². The molecule has 0 saturated heterocycles. The molecular formula is C21H31ClLiNO5S. The maximum absolute atomic E-state index is 13.3. The summed E-state index contributed by atoms with van der Waals surface area (Å²) < 4.78 is 5.17. The van der Waals surface area contributed by atoms with Crippen molar-refractivity contribution >= 4 is 40.8 Å². The van der Waals surface area contributed by atoms with Crippen LogP contribution >= 0.6 is 23.4 Å². The molecule has 0 aromatic carbocycles. The standard InChI is InChI=1S/C21H32ClNO5S.Li/c1-5-9-16(23-28-11-8-10-22)19-17(24)13-15(12-14(4)29-7-3)18(20(19)25)21(26)27-6-2;/h8,10,14-15,18,25H,5-7,9,11-13H2,1-4H3;/q;+1/p-1/b10-8+,23-16?;. The number of oxime groups is 1. The summed E-state index contributed by atoms with van der Waals surface area (Å²) in [6.45, 7) is 8.03. The van der Waals surface area contributed by atoms with Gasteiger partial charge in [-0.3, -0.25) is 9.59 Å². The van der Waals surface area contributed by atoms with Gasteiger partial charge in [0.15, 0.2) is 5.78 Å². The number of halogens is 1. The Balaban J connectivity index is 0.00000841. The minimum Gasteiger partial charge on any atom is -0.874 e. The van der Waals surface area contributed by atoms with Gasteiger partial charge in [-0.2, -0.15) is 11.8 Å². The number of allylic oxidation sites excluding steroid dienone is 1. The number of hydrogen-bond donors (Lipinski definition) is 0. The van der Waals surface area contributed by atoms with Crippen molar-refractivity contribution in [3.8, 4) is 0 Å². The monoisotopic (exact) mass is 451 g/mol. The third-order valence-corrected chi connectivity index (χ3v) is 5.84. The first-order chi connectivity index (χ1) is 13.9. The molecule has 0 aromatic rings.